The minimum Gasteiger partial charge on any atom is -0.253 e. The highest BCUT2D eigenvalue weighted by molar-refractivity contribution is 9.11. The Kier molecular flexibility index (Phi) is 3.14. The van der Waals surface area contributed by atoms with Gasteiger partial charge in [0.05, 0.1) is 19.0 Å². The summed E-state index contributed by atoms with van der Waals surface area (Å²) in [6.07, 6.45) is 3.84. The summed E-state index contributed by atoms with van der Waals surface area (Å²) in [5, 5.41) is 0. The minimum atomic E-state index is 0.985. The fraction of sp³-hybridized carbons (Fsp3) is 0. The molecule has 0 aliphatic carbocycles. The molecule has 2 aliphatic rings. The van der Waals surface area contributed by atoms with Crippen LogP contribution >= 0.6 is 54.5 Å². The maximum absolute atomic E-state index is 4.57. The van der Waals surface area contributed by atoms with Gasteiger partial charge in [0, 0.05) is 33.3 Å². The predicted molar refractivity (Wildman–Crippen MR) is 94.9 cm³/mol. The maximum atomic E-state index is 4.57. The number of halogens is 2. The van der Waals surface area contributed by atoms with Crippen LogP contribution in [0.3, 0.4) is 0 Å². The second-order valence-electron chi connectivity index (χ2n) is 4.25. The van der Waals surface area contributed by atoms with Crippen LogP contribution in [0.15, 0.2) is 53.2 Å². The first-order valence-corrected chi connectivity index (χ1v) is 9.03. The molecular formula is C14H6Br2N2S2. The van der Waals surface area contributed by atoms with Gasteiger partial charge in [0.1, 0.15) is 0 Å². The molecule has 0 atom stereocenters. The Morgan fingerprint density at radius 2 is 1.15 bits per heavy atom. The van der Waals surface area contributed by atoms with Crippen molar-refractivity contribution in [3.8, 4) is 0 Å². The Morgan fingerprint density at radius 1 is 0.700 bits per heavy atom. The highest BCUT2D eigenvalue weighted by Gasteiger charge is 2.26. The second kappa shape index (κ2) is 4.87. The van der Waals surface area contributed by atoms with Gasteiger partial charge in [0.15, 0.2) is 0 Å². The van der Waals surface area contributed by atoms with Crippen LogP contribution in [0.25, 0.3) is 11.1 Å². The van der Waals surface area contributed by atoms with Crippen molar-refractivity contribution in [3.05, 3.63) is 53.0 Å². The molecule has 4 heterocycles. The molecule has 0 aromatic carbocycles. The quantitative estimate of drug-likeness (QED) is 0.595. The third-order valence-electron chi connectivity index (χ3n) is 3.06. The monoisotopic (exact) mass is 424 g/mol. The molecule has 20 heavy (non-hydrogen) atoms. The zero-order chi connectivity index (χ0) is 13.7. The number of nitrogens with zero attached hydrogens (tertiary/aromatic N) is 2. The van der Waals surface area contributed by atoms with Crippen molar-refractivity contribution in [2.45, 2.75) is 0 Å². The average Bonchev–Trinajstić information content (AvgIpc) is 3.12. The van der Waals surface area contributed by atoms with Gasteiger partial charge in [0.2, 0.25) is 0 Å². The second-order valence-corrected chi connectivity index (χ2v) is 9.17. The normalized spacial score (nSPS) is 16.7. The van der Waals surface area contributed by atoms with Crippen LogP contribution in [-0.4, -0.2) is 12.4 Å². The lowest BCUT2D eigenvalue weighted by atomic mass is 10.1. The Balaban J connectivity index is 1.84. The number of fused-ring (bicyclic) bond motifs is 1. The topological polar surface area (TPSA) is 24.7 Å². The van der Waals surface area contributed by atoms with E-state index in [1.165, 1.54) is 9.75 Å². The lowest BCUT2D eigenvalue weighted by Gasteiger charge is -1.96. The third kappa shape index (κ3) is 2.02. The van der Waals surface area contributed by atoms with E-state index in [9.17, 15) is 0 Å². The van der Waals surface area contributed by atoms with E-state index in [4.69, 9.17) is 0 Å². The Labute approximate surface area is 140 Å². The van der Waals surface area contributed by atoms with Gasteiger partial charge in [-0.1, -0.05) is 0 Å². The molecule has 0 fully saturated rings. The maximum Gasteiger partial charge on any atom is 0.0995 e. The average molecular weight is 426 g/mol. The highest BCUT2D eigenvalue weighted by Crippen LogP contribution is 2.41. The number of allylic oxidation sites excluding steroid dienone is 2. The molecule has 0 spiro atoms. The Bertz CT molecular complexity index is 767. The Hall–Kier alpha value is -0.820. The van der Waals surface area contributed by atoms with Crippen molar-refractivity contribution < 1.29 is 0 Å². The van der Waals surface area contributed by atoms with Gasteiger partial charge in [-0.05, 0) is 56.1 Å². The van der Waals surface area contributed by atoms with Crippen LogP contribution in [0, 0.1) is 0 Å². The van der Waals surface area contributed by atoms with Crippen molar-refractivity contribution in [1.29, 1.82) is 0 Å². The van der Waals surface area contributed by atoms with Gasteiger partial charge < -0.3 is 0 Å². The number of hydrogen-bond acceptors (Lipinski definition) is 4. The molecule has 0 N–H and O–H groups in total. The van der Waals surface area contributed by atoms with Crippen molar-refractivity contribution in [3.63, 3.8) is 0 Å². The standard InChI is InChI=1S/C14H6Br2N2S2/c15-11-3-1-9(19-11)7-5-17-14-8(6-18-13(7)14)10-2-4-12(16)20-10/h1-6H. The zero-order valence-electron chi connectivity index (χ0n) is 9.93. The van der Waals surface area contributed by atoms with Gasteiger partial charge in [0.25, 0.3) is 0 Å². The van der Waals surface area contributed by atoms with E-state index >= 15 is 0 Å². The van der Waals surface area contributed by atoms with Crippen molar-refractivity contribution in [1.82, 2.24) is 0 Å². The van der Waals surface area contributed by atoms with Gasteiger partial charge in [-0.15, -0.1) is 22.7 Å². The molecule has 0 unspecified atom stereocenters. The molecular weight excluding hydrogens is 420 g/mol. The lowest BCUT2D eigenvalue weighted by molar-refractivity contribution is 1.34. The molecule has 0 saturated heterocycles. The van der Waals surface area contributed by atoms with Crippen LogP contribution in [0.4, 0.5) is 0 Å². The van der Waals surface area contributed by atoms with Crippen molar-refractivity contribution in [2.24, 2.45) is 9.98 Å². The van der Waals surface area contributed by atoms with Gasteiger partial charge in [-0.3, -0.25) is 9.98 Å². The van der Waals surface area contributed by atoms with Crippen molar-refractivity contribution >= 4 is 78.1 Å². The first kappa shape index (κ1) is 12.9. The molecule has 2 aromatic rings. The summed E-state index contributed by atoms with van der Waals surface area (Å²) in [4.78, 5) is 11.5. The van der Waals surface area contributed by atoms with Crippen LogP contribution in [0.1, 0.15) is 9.75 Å². The van der Waals surface area contributed by atoms with E-state index in [1.54, 1.807) is 22.7 Å². The van der Waals surface area contributed by atoms with E-state index in [2.05, 4.69) is 66.1 Å². The molecule has 0 bridgehead atoms. The third-order valence-corrected chi connectivity index (χ3v) is 6.37. The fourth-order valence-corrected chi connectivity index (χ4v) is 4.97. The zero-order valence-corrected chi connectivity index (χ0v) is 14.7. The number of rotatable bonds is 2. The molecule has 6 heteroatoms. The summed E-state index contributed by atoms with van der Waals surface area (Å²) in [6, 6.07) is 8.31. The van der Waals surface area contributed by atoms with E-state index in [0.717, 1.165) is 30.1 Å². The number of thiophene rings is 2. The lowest BCUT2D eigenvalue weighted by Crippen LogP contribution is -1.81. The number of aliphatic imine (C=N–C) groups is 2. The van der Waals surface area contributed by atoms with Crippen molar-refractivity contribution in [2.75, 3.05) is 0 Å². The van der Waals surface area contributed by atoms with Crippen LogP contribution < -0.4 is 0 Å². The predicted octanol–water partition coefficient (Wildman–Crippen LogP) is 5.63. The Morgan fingerprint density at radius 3 is 1.50 bits per heavy atom. The number of hydrogen-bond donors (Lipinski definition) is 0. The molecule has 2 aromatic heterocycles. The molecule has 2 nitrogen and oxygen atoms in total. The van der Waals surface area contributed by atoms with Crippen LogP contribution in [-0.2, 0) is 0 Å². The summed E-state index contributed by atoms with van der Waals surface area (Å²) in [5.74, 6) is 0. The van der Waals surface area contributed by atoms with Crippen LogP contribution in [0.2, 0.25) is 0 Å². The minimum absolute atomic E-state index is 0.985. The summed E-state index contributed by atoms with van der Waals surface area (Å²) in [6.45, 7) is 0. The molecule has 0 radical (unpaired) electrons. The smallest absolute Gasteiger partial charge is 0.0995 e. The summed E-state index contributed by atoms with van der Waals surface area (Å²) in [5.41, 5.74) is 4.19. The van der Waals surface area contributed by atoms with Gasteiger partial charge in [-0.25, -0.2) is 0 Å². The van der Waals surface area contributed by atoms with Crippen LogP contribution in [0.5, 0.6) is 0 Å². The summed E-state index contributed by atoms with van der Waals surface area (Å²) in [7, 11) is 0. The van der Waals surface area contributed by atoms with E-state index in [-0.39, 0.29) is 0 Å². The molecule has 0 amide bonds. The summed E-state index contributed by atoms with van der Waals surface area (Å²) >= 11 is 10.4. The van der Waals surface area contributed by atoms with Gasteiger partial charge in [-0.2, -0.15) is 0 Å². The molecule has 98 valence electrons. The van der Waals surface area contributed by atoms with Gasteiger partial charge >= 0.3 is 0 Å². The largest absolute Gasteiger partial charge is 0.253 e. The SMILES string of the molecule is Brc1ccc(C2=C3N=CC(c4ccc(Br)s4)=C3N=C2)s1. The first-order chi connectivity index (χ1) is 9.72. The van der Waals surface area contributed by atoms with E-state index < -0.39 is 0 Å². The highest BCUT2D eigenvalue weighted by atomic mass is 79.9. The van der Waals surface area contributed by atoms with E-state index in [0.29, 0.717) is 0 Å². The van der Waals surface area contributed by atoms with E-state index in [1.807, 2.05) is 12.4 Å². The molecule has 0 saturated carbocycles. The fourth-order valence-electron chi connectivity index (χ4n) is 2.18. The molecule has 2 aliphatic heterocycles. The molecule has 4 rings (SSSR count). The summed E-state index contributed by atoms with van der Waals surface area (Å²) < 4.78 is 2.24. The first-order valence-electron chi connectivity index (χ1n) is 5.81.